The highest BCUT2D eigenvalue weighted by Crippen LogP contribution is 2.41. The van der Waals surface area contributed by atoms with Crippen LogP contribution in [0.2, 0.25) is 10.0 Å². The molecule has 0 aliphatic carbocycles. The third-order valence-corrected chi connectivity index (χ3v) is 12.4. The molecule has 3 N–H and O–H groups in total. The lowest BCUT2D eigenvalue weighted by Crippen LogP contribution is -2.59. The van der Waals surface area contributed by atoms with E-state index < -0.39 is 30.0 Å². The SMILES string of the molecule is Cc1nccc(-c2ccc(CC(NC(=O)[C@@H]3Cc4cc5c(cc4CN3C(=O)C3CCCCN3)O[C@@H](c3ccc(OCc4ccc(Cl)c(Cl)c4)cc3)CO5)C(=O)O)cc2)c1C. The van der Waals surface area contributed by atoms with Crippen molar-refractivity contribution in [1.82, 2.24) is 20.5 Å². The highest BCUT2D eigenvalue weighted by molar-refractivity contribution is 6.42. The Hall–Kier alpha value is -5.62. The summed E-state index contributed by atoms with van der Waals surface area (Å²) in [6, 6.07) is 23.9. The molecule has 0 radical (unpaired) electrons. The van der Waals surface area contributed by atoms with Crippen LogP contribution in [0.15, 0.2) is 91.1 Å². The largest absolute Gasteiger partial charge is 0.489 e. The van der Waals surface area contributed by atoms with Crippen molar-refractivity contribution in [2.75, 3.05) is 13.2 Å². The lowest BCUT2D eigenvalue weighted by molar-refractivity contribution is -0.146. The number of aromatic nitrogens is 1. The zero-order valence-corrected chi connectivity index (χ0v) is 34.9. The number of carboxylic acids is 1. The molecule has 3 aliphatic rings. The van der Waals surface area contributed by atoms with Crippen LogP contribution in [0.1, 0.15) is 64.4 Å². The minimum atomic E-state index is -1.21. The van der Waals surface area contributed by atoms with Crippen LogP contribution in [-0.4, -0.2) is 64.1 Å². The summed E-state index contributed by atoms with van der Waals surface area (Å²) in [5, 5.41) is 17.4. The molecular weight excluding hydrogens is 803 g/mol. The summed E-state index contributed by atoms with van der Waals surface area (Å²) in [4.78, 5) is 46.9. The van der Waals surface area contributed by atoms with E-state index >= 15 is 0 Å². The molecule has 4 atom stereocenters. The number of carbonyl (C=O) groups excluding carboxylic acids is 2. The first kappa shape index (κ1) is 41.1. The maximum absolute atomic E-state index is 14.2. The Morgan fingerprint density at radius 1 is 0.933 bits per heavy atom. The van der Waals surface area contributed by atoms with Gasteiger partial charge in [-0.1, -0.05) is 72.1 Å². The number of benzene rings is 4. The maximum atomic E-state index is 14.2. The van der Waals surface area contributed by atoms with Crippen LogP contribution in [-0.2, 0) is 40.4 Å². The molecule has 11 nitrogen and oxygen atoms in total. The number of piperidine rings is 1. The average molecular weight is 850 g/mol. The van der Waals surface area contributed by atoms with Crippen molar-refractivity contribution in [3.05, 3.63) is 140 Å². The van der Waals surface area contributed by atoms with Gasteiger partial charge in [0.15, 0.2) is 17.6 Å². The second kappa shape index (κ2) is 17.9. The van der Waals surface area contributed by atoms with Crippen molar-refractivity contribution in [3.63, 3.8) is 0 Å². The van der Waals surface area contributed by atoms with Gasteiger partial charge in [0, 0.05) is 31.3 Å². The van der Waals surface area contributed by atoms with Crippen LogP contribution in [0.4, 0.5) is 0 Å². The van der Waals surface area contributed by atoms with Gasteiger partial charge in [0.25, 0.3) is 0 Å². The molecule has 2 unspecified atom stereocenters. The van der Waals surface area contributed by atoms with E-state index in [1.165, 1.54) is 0 Å². The van der Waals surface area contributed by atoms with E-state index in [2.05, 4.69) is 15.6 Å². The molecule has 60 heavy (non-hydrogen) atoms. The van der Waals surface area contributed by atoms with E-state index in [0.29, 0.717) is 46.9 Å². The predicted molar refractivity (Wildman–Crippen MR) is 229 cm³/mol. The number of nitrogens with zero attached hydrogens (tertiary/aromatic N) is 2. The van der Waals surface area contributed by atoms with E-state index in [9.17, 15) is 19.5 Å². The van der Waals surface area contributed by atoms with Gasteiger partial charge in [-0.05, 0) is 120 Å². The number of hydrogen-bond donors (Lipinski definition) is 3. The standard InChI is InChI=1S/C47H46Cl2N4O7/c1-27-28(2)50-18-16-36(27)31-9-6-29(7-10-31)20-40(47(56)57)52-45(54)41-21-33-22-42-43(23-34(33)24-53(41)46(55)39-5-3-4-17-51-39)60-44(26-59-42)32-11-13-35(14-12-32)58-25-30-8-15-37(48)38(49)19-30/h6-16,18-19,22-23,39-41,44,51H,3-5,17,20-21,24-26H2,1-2H3,(H,52,54)(H,56,57)/t39?,40?,41-,44+/m0/s1. The van der Waals surface area contributed by atoms with Crippen molar-refractivity contribution in [2.45, 2.75) is 83.3 Å². The van der Waals surface area contributed by atoms with Crippen molar-refractivity contribution < 1.29 is 33.7 Å². The van der Waals surface area contributed by atoms with Crippen molar-refractivity contribution in [2.24, 2.45) is 0 Å². The van der Waals surface area contributed by atoms with Gasteiger partial charge in [-0.3, -0.25) is 14.6 Å². The Balaban J connectivity index is 0.971. The Morgan fingerprint density at radius 2 is 1.70 bits per heavy atom. The van der Waals surface area contributed by atoms with Gasteiger partial charge < -0.3 is 34.9 Å². The van der Waals surface area contributed by atoms with E-state index in [4.69, 9.17) is 37.4 Å². The van der Waals surface area contributed by atoms with Crippen LogP contribution in [0.5, 0.6) is 17.2 Å². The second-order valence-electron chi connectivity index (χ2n) is 15.6. The molecule has 0 saturated carbocycles. The number of nitrogens with one attached hydrogen (secondary N) is 2. The van der Waals surface area contributed by atoms with Crippen LogP contribution in [0.3, 0.4) is 0 Å². The van der Waals surface area contributed by atoms with Crippen LogP contribution < -0.4 is 24.8 Å². The second-order valence-corrected chi connectivity index (χ2v) is 16.5. The number of pyridine rings is 1. The number of aryl methyl sites for hydroxylation is 1. The molecule has 0 bridgehead atoms. The number of rotatable bonds is 11. The summed E-state index contributed by atoms with van der Waals surface area (Å²) in [7, 11) is 0. The Morgan fingerprint density at radius 3 is 2.43 bits per heavy atom. The number of carbonyl (C=O) groups is 3. The number of halogens is 2. The van der Waals surface area contributed by atoms with Gasteiger partial charge >= 0.3 is 5.97 Å². The Labute approximate surface area is 359 Å². The molecule has 8 rings (SSSR count). The zero-order chi connectivity index (χ0) is 41.9. The number of aliphatic carboxylic acids is 1. The summed E-state index contributed by atoms with van der Waals surface area (Å²) in [6.45, 7) is 5.45. The van der Waals surface area contributed by atoms with Crippen molar-refractivity contribution in [1.29, 1.82) is 0 Å². The monoisotopic (exact) mass is 848 g/mol. The van der Waals surface area contributed by atoms with Gasteiger partial charge in [0.05, 0.1) is 16.1 Å². The third kappa shape index (κ3) is 9.08. The maximum Gasteiger partial charge on any atom is 0.326 e. The zero-order valence-electron chi connectivity index (χ0n) is 33.4. The van der Waals surface area contributed by atoms with Gasteiger partial charge in [-0.15, -0.1) is 0 Å². The van der Waals surface area contributed by atoms with E-state index in [1.807, 2.05) is 86.6 Å². The van der Waals surface area contributed by atoms with Crippen molar-refractivity contribution >= 4 is 41.0 Å². The lowest BCUT2D eigenvalue weighted by atomic mass is 9.90. The van der Waals surface area contributed by atoms with Gasteiger partial charge in [0.2, 0.25) is 11.8 Å². The molecule has 2 amide bonds. The smallest absolute Gasteiger partial charge is 0.326 e. The van der Waals surface area contributed by atoms with Gasteiger partial charge in [-0.25, -0.2) is 4.79 Å². The molecule has 4 heterocycles. The first-order valence-electron chi connectivity index (χ1n) is 20.2. The molecule has 0 spiro atoms. The molecule has 310 valence electrons. The first-order chi connectivity index (χ1) is 29.0. The predicted octanol–water partition coefficient (Wildman–Crippen LogP) is 7.97. The Kier molecular flexibility index (Phi) is 12.3. The highest BCUT2D eigenvalue weighted by atomic mass is 35.5. The minimum Gasteiger partial charge on any atom is -0.489 e. The fourth-order valence-electron chi connectivity index (χ4n) is 8.10. The molecule has 1 aromatic heterocycles. The number of ether oxygens (including phenoxy) is 3. The number of amides is 2. The van der Waals surface area contributed by atoms with Gasteiger partial charge in [-0.2, -0.15) is 0 Å². The lowest BCUT2D eigenvalue weighted by Gasteiger charge is -2.40. The number of fused-ring (bicyclic) bond motifs is 2. The summed E-state index contributed by atoms with van der Waals surface area (Å²) < 4.78 is 18.7. The Bertz CT molecular complexity index is 2400. The molecular formula is C47H46Cl2N4O7. The molecule has 13 heteroatoms. The minimum absolute atomic E-state index is 0.0749. The third-order valence-electron chi connectivity index (χ3n) is 11.7. The van der Waals surface area contributed by atoms with Gasteiger partial charge in [0.1, 0.15) is 31.0 Å². The number of carboxylic acid groups (broad SMARTS) is 1. The fraction of sp³-hybridized carbons (Fsp3) is 0.319. The van der Waals surface area contributed by atoms with E-state index in [1.54, 1.807) is 23.2 Å². The summed E-state index contributed by atoms with van der Waals surface area (Å²) in [5.74, 6) is -0.0847. The molecule has 3 aliphatic heterocycles. The molecule has 1 saturated heterocycles. The average Bonchev–Trinajstić information content (AvgIpc) is 3.26. The van der Waals surface area contributed by atoms with Crippen LogP contribution in [0.25, 0.3) is 11.1 Å². The number of hydrogen-bond acceptors (Lipinski definition) is 8. The van der Waals surface area contributed by atoms with Crippen molar-refractivity contribution in [3.8, 4) is 28.4 Å². The normalized spacial score (nSPS) is 18.9. The summed E-state index contributed by atoms with van der Waals surface area (Å²) in [5.41, 5.74) is 8.31. The van der Waals surface area contributed by atoms with Crippen LogP contribution >= 0.6 is 23.2 Å². The molecule has 5 aromatic rings. The summed E-state index contributed by atoms with van der Waals surface area (Å²) >= 11 is 12.2. The van der Waals surface area contributed by atoms with E-state index in [-0.39, 0.29) is 38.0 Å². The summed E-state index contributed by atoms with van der Waals surface area (Å²) in [6.07, 6.45) is 4.18. The topological polar surface area (TPSA) is 139 Å². The van der Waals surface area contributed by atoms with Crippen LogP contribution in [0, 0.1) is 13.8 Å². The fourth-order valence-corrected chi connectivity index (χ4v) is 8.42. The highest BCUT2D eigenvalue weighted by Gasteiger charge is 2.40. The van der Waals surface area contributed by atoms with E-state index in [0.717, 1.165) is 63.0 Å². The molecule has 4 aromatic carbocycles. The quantitative estimate of drug-likeness (QED) is 0.121. The molecule has 1 fully saturated rings. The first-order valence-corrected chi connectivity index (χ1v) is 21.0.